The molecule has 1 fully saturated rings. The third kappa shape index (κ3) is 4.69. The molecule has 29 heavy (non-hydrogen) atoms. The monoisotopic (exact) mass is 409 g/mol. The molecule has 0 unspecified atom stereocenters. The fourth-order valence-corrected chi connectivity index (χ4v) is 3.33. The molecule has 1 saturated carbocycles. The van der Waals surface area contributed by atoms with Crippen LogP contribution in [0.15, 0.2) is 66.9 Å². The molecule has 0 N–H and O–H groups in total. The second-order valence-electron chi connectivity index (χ2n) is 6.89. The van der Waals surface area contributed by atoms with Crippen LogP contribution in [0.1, 0.15) is 6.42 Å². The van der Waals surface area contributed by atoms with Crippen LogP contribution < -0.4 is 9.47 Å². The standard InChI is InChI=1S/C23H20ClNO4/c1-27-23(26)21-11-16(21)14-28-17-9-7-15(8-10-17)20-12-19(13-25-22(20)24)29-18-5-3-2-4-6-18/h2-10,12-13,16,21H,11,14H2,1H3/t16-,21+/m0/s1. The maximum Gasteiger partial charge on any atom is 0.309 e. The fraction of sp³-hybridized carbons (Fsp3) is 0.217. The van der Waals surface area contributed by atoms with Crippen LogP contribution in [0.4, 0.5) is 0 Å². The molecule has 148 valence electrons. The zero-order valence-corrected chi connectivity index (χ0v) is 16.6. The van der Waals surface area contributed by atoms with E-state index in [0.29, 0.717) is 17.5 Å². The number of carbonyl (C=O) groups is 1. The number of esters is 1. The van der Waals surface area contributed by atoms with E-state index in [0.717, 1.165) is 29.0 Å². The number of carbonyl (C=O) groups excluding carboxylic acids is 1. The molecule has 6 heteroatoms. The van der Waals surface area contributed by atoms with Crippen molar-refractivity contribution < 1.29 is 19.0 Å². The Hall–Kier alpha value is -3.05. The number of para-hydroxylation sites is 1. The Bertz CT molecular complexity index is 992. The highest BCUT2D eigenvalue weighted by Gasteiger charge is 2.44. The molecule has 0 saturated heterocycles. The third-order valence-electron chi connectivity index (χ3n) is 4.85. The summed E-state index contributed by atoms with van der Waals surface area (Å²) in [5, 5.41) is 0.401. The van der Waals surface area contributed by atoms with Crippen LogP contribution in [0.2, 0.25) is 5.15 Å². The van der Waals surface area contributed by atoms with E-state index >= 15 is 0 Å². The van der Waals surface area contributed by atoms with Gasteiger partial charge in [0, 0.05) is 11.5 Å². The van der Waals surface area contributed by atoms with Gasteiger partial charge in [0.1, 0.15) is 22.4 Å². The Balaban J connectivity index is 1.42. The number of halogens is 1. The van der Waals surface area contributed by atoms with Gasteiger partial charge in [-0.2, -0.15) is 0 Å². The lowest BCUT2D eigenvalue weighted by molar-refractivity contribution is -0.142. The first-order valence-electron chi connectivity index (χ1n) is 9.33. The second-order valence-corrected chi connectivity index (χ2v) is 7.24. The summed E-state index contributed by atoms with van der Waals surface area (Å²) in [6.45, 7) is 0.502. The van der Waals surface area contributed by atoms with Crippen molar-refractivity contribution in [3.63, 3.8) is 0 Å². The number of aromatic nitrogens is 1. The molecule has 3 aromatic rings. The molecular formula is C23H20ClNO4. The lowest BCUT2D eigenvalue weighted by atomic mass is 10.1. The minimum atomic E-state index is -0.159. The van der Waals surface area contributed by atoms with E-state index in [2.05, 4.69) is 4.98 Å². The van der Waals surface area contributed by atoms with Crippen LogP contribution >= 0.6 is 11.6 Å². The van der Waals surface area contributed by atoms with Gasteiger partial charge in [0.15, 0.2) is 0 Å². The maximum absolute atomic E-state index is 11.5. The van der Waals surface area contributed by atoms with Crippen molar-refractivity contribution in [1.82, 2.24) is 4.98 Å². The van der Waals surface area contributed by atoms with E-state index < -0.39 is 0 Å². The summed E-state index contributed by atoms with van der Waals surface area (Å²) in [6, 6.07) is 19.0. The zero-order chi connectivity index (χ0) is 20.2. The van der Waals surface area contributed by atoms with Gasteiger partial charge in [-0.25, -0.2) is 4.98 Å². The Kier molecular flexibility index (Phi) is 5.67. The molecule has 2 aromatic carbocycles. The number of nitrogens with zero attached hydrogens (tertiary/aromatic N) is 1. The lowest BCUT2D eigenvalue weighted by Gasteiger charge is -2.10. The largest absolute Gasteiger partial charge is 0.493 e. The summed E-state index contributed by atoms with van der Waals surface area (Å²) in [6.07, 6.45) is 2.42. The van der Waals surface area contributed by atoms with Gasteiger partial charge in [-0.1, -0.05) is 41.9 Å². The Morgan fingerprint density at radius 2 is 1.83 bits per heavy atom. The molecule has 1 aliphatic carbocycles. The zero-order valence-electron chi connectivity index (χ0n) is 15.9. The fourth-order valence-electron chi connectivity index (χ4n) is 3.12. The van der Waals surface area contributed by atoms with E-state index in [4.69, 9.17) is 25.8 Å². The average Bonchev–Trinajstić information content (AvgIpc) is 3.54. The van der Waals surface area contributed by atoms with E-state index in [1.165, 1.54) is 7.11 Å². The van der Waals surface area contributed by atoms with Crippen molar-refractivity contribution in [2.24, 2.45) is 11.8 Å². The highest BCUT2D eigenvalue weighted by Crippen LogP contribution is 2.40. The van der Waals surface area contributed by atoms with Crippen molar-refractivity contribution in [2.45, 2.75) is 6.42 Å². The number of benzene rings is 2. The molecule has 1 aromatic heterocycles. The summed E-state index contributed by atoms with van der Waals surface area (Å²) in [5.74, 6) is 2.12. The summed E-state index contributed by atoms with van der Waals surface area (Å²) in [4.78, 5) is 15.7. The number of methoxy groups -OCH3 is 1. The molecular weight excluding hydrogens is 390 g/mol. The van der Waals surface area contributed by atoms with E-state index in [1.54, 1.807) is 6.20 Å². The van der Waals surface area contributed by atoms with Gasteiger partial charge in [0.2, 0.25) is 0 Å². The van der Waals surface area contributed by atoms with Crippen LogP contribution in [-0.2, 0) is 9.53 Å². The molecule has 0 aliphatic heterocycles. The molecule has 1 aliphatic rings. The predicted octanol–water partition coefficient (Wildman–Crippen LogP) is 5.38. The molecule has 0 spiro atoms. The number of hydrogen-bond acceptors (Lipinski definition) is 5. The predicted molar refractivity (Wildman–Crippen MR) is 110 cm³/mol. The normalized spacial score (nSPS) is 17.4. The average molecular weight is 410 g/mol. The van der Waals surface area contributed by atoms with Gasteiger partial charge in [-0.3, -0.25) is 4.79 Å². The van der Waals surface area contributed by atoms with Crippen LogP contribution in [0.5, 0.6) is 17.2 Å². The summed E-state index contributed by atoms with van der Waals surface area (Å²) in [7, 11) is 1.41. The molecule has 4 rings (SSSR count). The third-order valence-corrected chi connectivity index (χ3v) is 5.15. The highest BCUT2D eigenvalue weighted by atomic mass is 35.5. The van der Waals surface area contributed by atoms with Crippen molar-refractivity contribution >= 4 is 17.6 Å². The molecule has 0 amide bonds. The topological polar surface area (TPSA) is 57.7 Å². The summed E-state index contributed by atoms with van der Waals surface area (Å²) >= 11 is 6.30. The summed E-state index contributed by atoms with van der Waals surface area (Å²) < 4.78 is 16.4. The van der Waals surface area contributed by atoms with Gasteiger partial charge in [0.25, 0.3) is 0 Å². The molecule has 0 radical (unpaired) electrons. The van der Waals surface area contributed by atoms with E-state index in [1.807, 2.05) is 60.7 Å². The van der Waals surface area contributed by atoms with Gasteiger partial charge >= 0.3 is 5.97 Å². The first-order valence-corrected chi connectivity index (χ1v) is 9.71. The quantitative estimate of drug-likeness (QED) is 0.387. The number of pyridine rings is 1. The van der Waals surface area contributed by atoms with Crippen LogP contribution in [0.3, 0.4) is 0 Å². The highest BCUT2D eigenvalue weighted by molar-refractivity contribution is 6.32. The number of rotatable bonds is 7. The molecule has 1 heterocycles. The Morgan fingerprint density at radius 3 is 2.55 bits per heavy atom. The second kappa shape index (κ2) is 8.53. The van der Waals surface area contributed by atoms with E-state index in [-0.39, 0.29) is 17.8 Å². The SMILES string of the molecule is COC(=O)[C@@H]1C[C@H]1COc1ccc(-c2cc(Oc3ccccc3)cnc2Cl)cc1. The Morgan fingerprint density at radius 1 is 1.07 bits per heavy atom. The van der Waals surface area contributed by atoms with Crippen LogP contribution in [0, 0.1) is 11.8 Å². The first kappa shape index (κ1) is 19.3. The van der Waals surface area contributed by atoms with Gasteiger partial charge in [0.05, 0.1) is 25.8 Å². The van der Waals surface area contributed by atoms with Crippen molar-refractivity contribution in [3.8, 4) is 28.4 Å². The first-order chi connectivity index (χ1) is 14.1. The van der Waals surface area contributed by atoms with Gasteiger partial charge in [-0.15, -0.1) is 0 Å². The maximum atomic E-state index is 11.5. The molecule has 5 nitrogen and oxygen atoms in total. The van der Waals surface area contributed by atoms with Crippen molar-refractivity contribution in [1.29, 1.82) is 0 Å². The molecule has 0 bridgehead atoms. The van der Waals surface area contributed by atoms with Crippen molar-refractivity contribution in [2.75, 3.05) is 13.7 Å². The Labute approximate surface area is 174 Å². The minimum Gasteiger partial charge on any atom is -0.493 e. The summed E-state index contributed by atoms with van der Waals surface area (Å²) in [5.41, 5.74) is 1.69. The molecule has 2 atom stereocenters. The van der Waals surface area contributed by atoms with Gasteiger partial charge in [-0.05, 0) is 42.3 Å². The van der Waals surface area contributed by atoms with Crippen molar-refractivity contribution in [3.05, 3.63) is 72.0 Å². The number of ether oxygens (including phenoxy) is 3. The lowest BCUT2D eigenvalue weighted by Crippen LogP contribution is -2.08. The van der Waals surface area contributed by atoms with Gasteiger partial charge < -0.3 is 14.2 Å². The van der Waals surface area contributed by atoms with Crippen LogP contribution in [0.25, 0.3) is 11.1 Å². The smallest absolute Gasteiger partial charge is 0.309 e. The minimum absolute atomic E-state index is 0.0310. The number of hydrogen-bond donors (Lipinski definition) is 0. The van der Waals surface area contributed by atoms with Crippen LogP contribution in [-0.4, -0.2) is 24.7 Å². The van der Waals surface area contributed by atoms with E-state index in [9.17, 15) is 4.79 Å².